The quantitative estimate of drug-likeness (QED) is 0.264. The van der Waals surface area contributed by atoms with Crippen LogP contribution in [0, 0.1) is 0 Å². The van der Waals surface area contributed by atoms with E-state index in [2.05, 4.69) is 19.2 Å². The lowest BCUT2D eigenvalue weighted by Gasteiger charge is -2.33. The van der Waals surface area contributed by atoms with Crippen molar-refractivity contribution < 1.29 is 9.53 Å². The Balaban J connectivity index is 1.60. The summed E-state index contributed by atoms with van der Waals surface area (Å²) in [4.78, 5) is 24.2. The van der Waals surface area contributed by atoms with E-state index in [9.17, 15) is 4.79 Å². The molecule has 0 fully saturated rings. The number of thioether (sulfide) groups is 2. The van der Waals surface area contributed by atoms with Gasteiger partial charge in [0.1, 0.15) is 9.86 Å². The third-order valence-electron chi connectivity index (χ3n) is 5.18. The first kappa shape index (κ1) is 21.9. The number of halogens is 1. The Morgan fingerprint density at radius 2 is 2.10 bits per heavy atom. The van der Waals surface area contributed by atoms with Crippen LogP contribution in [0.1, 0.15) is 30.7 Å². The topological polar surface area (TPSA) is 64.1 Å². The number of aromatic nitrogens is 2. The van der Waals surface area contributed by atoms with Crippen molar-refractivity contribution in [2.24, 2.45) is 0 Å². The molecule has 1 amide bonds. The molecule has 3 aromatic rings. The Morgan fingerprint density at radius 3 is 2.80 bits per heavy atom. The van der Waals surface area contributed by atoms with E-state index in [-0.39, 0.29) is 17.3 Å². The predicted molar refractivity (Wildman–Crippen MR) is 127 cm³/mol. The van der Waals surface area contributed by atoms with Crippen molar-refractivity contribution in [1.82, 2.24) is 9.97 Å². The van der Waals surface area contributed by atoms with E-state index < -0.39 is 0 Å². The normalized spacial score (nSPS) is 18.4. The number of nitrogens with zero attached hydrogens (tertiary/aromatic N) is 2. The van der Waals surface area contributed by atoms with Gasteiger partial charge in [-0.2, -0.15) is 0 Å². The second kappa shape index (κ2) is 9.04. The van der Waals surface area contributed by atoms with Crippen LogP contribution >= 0.6 is 46.5 Å². The first-order chi connectivity index (χ1) is 14.4. The van der Waals surface area contributed by atoms with Gasteiger partial charge in [0.15, 0.2) is 5.16 Å². The molecule has 0 spiro atoms. The number of nitrogens with one attached hydrogen (secondary N) is 1. The summed E-state index contributed by atoms with van der Waals surface area (Å²) in [5.41, 5.74) is 1.83. The Bertz CT molecular complexity index is 1090. The number of rotatable bonds is 6. The van der Waals surface area contributed by atoms with Crippen molar-refractivity contribution in [3.05, 3.63) is 39.7 Å². The molecule has 1 aliphatic rings. The third-order valence-corrected chi connectivity index (χ3v) is 8.06. The van der Waals surface area contributed by atoms with E-state index in [1.54, 1.807) is 35.6 Å². The highest BCUT2D eigenvalue weighted by molar-refractivity contribution is 8.00. The molecule has 2 aromatic heterocycles. The van der Waals surface area contributed by atoms with Crippen LogP contribution in [-0.4, -0.2) is 33.5 Å². The lowest BCUT2D eigenvalue weighted by Crippen LogP contribution is -2.33. The monoisotopic (exact) mass is 479 g/mol. The van der Waals surface area contributed by atoms with Gasteiger partial charge in [-0.15, -0.1) is 11.3 Å². The average Bonchev–Trinajstić information content (AvgIpc) is 3.11. The van der Waals surface area contributed by atoms with Crippen LogP contribution in [0.3, 0.4) is 0 Å². The van der Waals surface area contributed by atoms with Gasteiger partial charge in [0.05, 0.1) is 18.0 Å². The molecule has 4 rings (SSSR count). The van der Waals surface area contributed by atoms with Gasteiger partial charge in [-0.1, -0.05) is 42.0 Å². The molecule has 9 heteroatoms. The molecule has 3 heterocycles. The zero-order valence-corrected chi connectivity index (χ0v) is 20.2. The molecule has 0 bridgehead atoms. The van der Waals surface area contributed by atoms with Gasteiger partial charge in [-0.25, -0.2) is 9.97 Å². The van der Waals surface area contributed by atoms with E-state index in [1.807, 2.05) is 6.26 Å². The molecule has 0 aliphatic carbocycles. The molecule has 0 saturated carbocycles. The van der Waals surface area contributed by atoms with E-state index in [0.29, 0.717) is 11.6 Å². The number of hydrogen-bond acceptors (Lipinski definition) is 7. The number of thiophene rings is 1. The molecule has 158 valence electrons. The van der Waals surface area contributed by atoms with Gasteiger partial charge >= 0.3 is 0 Å². The van der Waals surface area contributed by atoms with Gasteiger partial charge in [-0.3, -0.25) is 4.79 Å². The van der Waals surface area contributed by atoms with Crippen LogP contribution in [0.25, 0.3) is 10.2 Å². The molecule has 1 atom stereocenters. The predicted octanol–water partition coefficient (Wildman–Crippen LogP) is 6.04. The number of carbonyl (C=O) groups excluding carboxylic acids is 1. The molecule has 1 aromatic carbocycles. The van der Waals surface area contributed by atoms with Crippen molar-refractivity contribution in [3.8, 4) is 0 Å². The number of ether oxygens (including phenoxy) is 1. The van der Waals surface area contributed by atoms with E-state index in [4.69, 9.17) is 26.3 Å². The van der Waals surface area contributed by atoms with Crippen LogP contribution in [0.4, 0.5) is 5.69 Å². The van der Waals surface area contributed by atoms with E-state index in [0.717, 1.165) is 38.9 Å². The maximum absolute atomic E-state index is 12.5. The van der Waals surface area contributed by atoms with Crippen LogP contribution in [0.5, 0.6) is 0 Å². The van der Waals surface area contributed by atoms with E-state index >= 15 is 0 Å². The Hall–Kier alpha value is -1.32. The largest absolute Gasteiger partial charge is 0.369 e. The van der Waals surface area contributed by atoms with E-state index in [1.165, 1.54) is 34.0 Å². The SMILES string of the molecule is CCC1(C)Cc2c(sc3nc(SC)nc(SCC(=O)Nc4ccc(Cl)cc4)c23)CO1. The van der Waals surface area contributed by atoms with Gasteiger partial charge < -0.3 is 10.1 Å². The molecule has 1 N–H and O–H groups in total. The van der Waals surface area contributed by atoms with Gasteiger partial charge in [0.25, 0.3) is 0 Å². The van der Waals surface area contributed by atoms with Crippen molar-refractivity contribution in [2.45, 2.75) is 49.1 Å². The van der Waals surface area contributed by atoms with Gasteiger partial charge in [0.2, 0.25) is 5.91 Å². The van der Waals surface area contributed by atoms with Crippen molar-refractivity contribution in [1.29, 1.82) is 0 Å². The highest BCUT2D eigenvalue weighted by Crippen LogP contribution is 2.43. The summed E-state index contributed by atoms with van der Waals surface area (Å²) in [6, 6.07) is 7.10. The maximum Gasteiger partial charge on any atom is 0.234 e. The molecule has 0 radical (unpaired) electrons. The molecule has 30 heavy (non-hydrogen) atoms. The fraction of sp³-hybridized carbons (Fsp3) is 0.381. The van der Waals surface area contributed by atoms with Gasteiger partial charge in [-0.05, 0) is 49.4 Å². The van der Waals surface area contributed by atoms with Crippen LogP contribution in [-0.2, 0) is 22.6 Å². The number of anilines is 1. The number of fused-ring (bicyclic) bond motifs is 3. The molecule has 5 nitrogen and oxygen atoms in total. The smallest absolute Gasteiger partial charge is 0.234 e. The summed E-state index contributed by atoms with van der Waals surface area (Å²) in [5.74, 6) is 0.194. The van der Waals surface area contributed by atoms with Crippen molar-refractivity contribution in [2.75, 3.05) is 17.3 Å². The van der Waals surface area contributed by atoms with Crippen LogP contribution in [0.2, 0.25) is 5.02 Å². The fourth-order valence-electron chi connectivity index (χ4n) is 3.31. The summed E-state index contributed by atoms with van der Waals surface area (Å²) < 4.78 is 6.12. The number of benzene rings is 1. The summed E-state index contributed by atoms with van der Waals surface area (Å²) in [6.45, 7) is 4.91. The second-order valence-corrected chi connectivity index (χ2v) is 10.6. The molecule has 1 aliphatic heterocycles. The molecular weight excluding hydrogens is 458 g/mol. The summed E-state index contributed by atoms with van der Waals surface area (Å²) in [7, 11) is 0. The second-order valence-electron chi connectivity index (χ2n) is 7.31. The summed E-state index contributed by atoms with van der Waals surface area (Å²) >= 11 is 10.6. The van der Waals surface area contributed by atoms with Crippen LogP contribution < -0.4 is 5.32 Å². The van der Waals surface area contributed by atoms with Crippen molar-refractivity contribution >= 4 is 68.3 Å². The highest BCUT2D eigenvalue weighted by atomic mass is 35.5. The highest BCUT2D eigenvalue weighted by Gasteiger charge is 2.33. The Labute approximate surface area is 193 Å². The Kier molecular flexibility index (Phi) is 6.60. The van der Waals surface area contributed by atoms with Crippen LogP contribution in [0.15, 0.2) is 34.4 Å². The minimum absolute atomic E-state index is 0.0781. The number of carbonyl (C=O) groups is 1. The molecule has 0 saturated heterocycles. The maximum atomic E-state index is 12.5. The lowest BCUT2D eigenvalue weighted by atomic mass is 9.90. The third kappa shape index (κ3) is 4.62. The number of amides is 1. The lowest BCUT2D eigenvalue weighted by molar-refractivity contribution is -0.113. The minimum Gasteiger partial charge on any atom is -0.369 e. The first-order valence-electron chi connectivity index (χ1n) is 9.59. The Morgan fingerprint density at radius 1 is 1.33 bits per heavy atom. The zero-order valence-electron chi connectivity index (χ0n) is 17.0. The van der Waals surface area contributed by atoms with Crippen molar-refractivity contribution in [3.63, 3.8) is 0 Å². The average molecular weight is 480 g/mol. The molecular formula is C21H22ClN3O2S3. The minimum atomic E-state index is -0.174. The fourth-order valence-corrected chi connectivity index (χ4v) is 5.94. The zero-order chi connectivity index (χ0) is 21.3. The number of hydrogen-bond donors (Lipinski definition) is 1. The summed E-state index contributed by atoms with van der Waals surface area (Å²) in [5, 5.41) is 6.22. The standard InChI is InChI=1S/C21H22ClN3O2S3/c1-4-21(2)9-14-15(10-27-21)30-19-17(14)18(24-20(25-19)28-3)29-11-16(26)23-13-7-5-12(22)6-8-13/h5-8H,4,9-11H2,1-3H3,(H,23,26). The molecule has 1 unspecified atom stereocenters. The van der Waals surface area contributed by atoms with Gasteiger partial charge in [0, 0.05) is 27.4 Å². The summed E-state index contributed by atoms with van der Waals surface area (Å²) in [6.07, 6.45) is 3.75. The first-order valence-corrected chi connectivity index (χ1v) is 13.0.